The molecule has 300 valence electrons. The summed E-state index contributed by atoms with van der Waals surface area (Å²) in [6, 6.07) is 6.59. The molecule has 0 radical (unpaired) electrons. The molecular weight excluding hydrogens is 780 g/mol. The molecule has 0 fully saturated rings. The van der Waals surface area contributed by atoms with Crippen molar-refractivity contribution in [1.82, 2.24) is 8.61 Å². The van der Waals surface area contributed by atoms with Gasteiger partial charge in [0.15, 0.2) is 0 Å². The van der Waals surface area contributed by atoms with Crippen LogP contribution < -0.4 is 66.0 Å². The summed E-state index contributed by atoms with van der Waals surface area (Å²) in [4.78, 5) is 53.2. The number of esters is 2. The van der Waals surface area contributed by atoms with Gasteiger partial charge in [-0.25, -0.2) is 25.4 Å². The molecule has 0 aromatic heterocycles. The number of carbonyl (C=O) groups is 5. The van der Waals surface area contributed by atoms with Crippen molar-refractivity contribution in [2.24, 2.45) is 0 Å². The van der Waals surface area contributed by atoms with E-state index in [0.717, 1.165) is 15.7 Å². The average Bonchev–Trinajstić information content (AvgIpc) is 3.04. The smallest absolute Gasteiger partial charge is 0.550 e. The molecular formula is C34H51KN2O15S2. The van der Waals surface area contributed by atoms with Gasteiger partial charge in [0, 0.05) is 33.6 Å². The fourth-order valence-electron chi connectivity index (χ4n) is 4.47. The molecule has 0 aliphatic carbocycles. The number of sulfonamides is 2. The van der Waals surface area contributed by atoms with Gasteiger partial charge >= 0.3 is 69.3 Å². The van der Waals surface area contributed by atoms with E-state index in [2.05, 4.69) is 9.47 Å². The van der Waals surface area contributed by atoms with Gasteiger partial charge in [-0.2, -0.15) is 0 Å². The number of rotatable bonds is 16. The summed E-state index contributed by atoms with van der Waals surface area (Å²) in [5, 5.41) is 18.2. The Morgan fingerprint density at radius 1 is 0.648 bits per heavy atom. The predicted octanol–water partition coefficient (Wildman–Crippen LogP) is -1.20. The number of aryl methyl sites for hydroxylation is 4. The molecule has 1 N–H and O–H groups in total. The number of aliphatic carboxylic acids is 2. The monoisotopic (exact) mass is 830 g/mol. The molecule has 0 aliphatic rings. The second kappa shape index (κ2) is 26.0. The fourth-order valence-corrected chi connectivity index (χ4v) is 7.62. The number of Topliss-reactive ketones (excluding diaryl/α,β-unsaturated/α-hetero) is 1. The van der Waals surface area contributed by atoms with Crippen molar-refractivity contribution < 1.29 is 121 Å². The minimum atomic E-state index is -3.75. The molecule has 2 rings (SSSR count). The van der Waals surface area contributed by atoms with E-state index < -0.39 is 50.3 Å². The third-order valence-electron chi connectivity index (χ3n) is 7.11. The Balaban J connectivity index is -0.000000786. The van der Waals surface area contributed by atoms with E-state index in [-0.39, 0.29) is 107 Å². The maximum absolute atomic E-state index is 12.7. The molecule has 2 aromatic rings. The molecule has 0 aliphatic heterocycles. The minimum absolute atomic E-state index is 0. The number of carbonyl (C=O) groups excluding carboxylic acids is 4. The third-order valence-corrected chi connectivity index (χ3v) is 11.4. The summed E-state index contributed by atoms with van der Waals surface area (Å²) in [5.41, 5.74) is 2.28. The Hall–Kier alpha value is -2.95. The van der Waals surface area contributed by atoms with Crippen LogP contribution in [0.25, 0.3) is 0 Å². The first-order valence-corrected chi connectivity index (χ1v) is 18.2. The maximum atomic E-state index is 12.7. The Kier molecular flexibility index (Phi) is 26.7. The van der Waals surface area contributed by atoms with E-state index in [9.17, 15) is 45.9 Å². The number of ether oxygens (including phenoxy) is 4. The van der Waals surface area contributed by atoms with Crippen LogP contribution in [0.4, 0.5) is 0 Å². The van der Waals surface area contributed by atoms with Gasteiger partial charge in [0.25, 0.3) is 0 Å². The summed E-state index contributed by atoms with van der Waals surface area (Å²) in [5.74, 6) is -3.07. The average molecular weight is 831 g/mol. The topological polar surface area (TPSA) is 240 Å². The zero-order valence-corrected chi connectivity index (χ0v) is 36.7. The summed E-state index contributed by atoms with van der Waals surface area (Å²) in [7, 11) is 0.674. The van der Waals surface area contributed by atoms with Crippen molar-refractivity contribution >= 4 is 49.7 Å². The molecule has 0 saturated heterocycles. The van der Waals surface area contributed by atoms with Crippen LogP contribution in [0.2, 0.25) is 0 Å². The van der Waals surface area contributed by atoms with E-state index in [1.165, 1.54) is 35.4 Å². The number of hydrogen-bond acceptors (Lipinski definition) is 14. The number of ketones is 1. The van der Waals surface area contributed by atoms with Crippen molar-refractivity contribution in [2.45, 2.75) is 70.6 Å². The van der Waals surface area contributed by atoms with Gasteiger partial charge in [-0.15, -0.1) is 0 Å². The molecule has 17 nitrogen and oxygen atoms in total. The van der Waals surface area contributed by atoms with E-state index in [0.29, 0.717) is 33.8 Å². The molecule has 0 amide bonds. The van der Waals surface area contributed by atoms with Gasteiger partial charge in [0.2, 0.25) is 20.0 Å². The van der Waals surface area contributed by atoms with Gasteiger partial charge in [-0.05, 0) is 74.2 Å². The summed E-state index contributed by atoms with van der Waals surface area (Å²) in [6.07, 6.45) is -1.31. The quantitative estimate of drug-likeness (QED) is 0.119. The first kappa shape index (κ1) is 55.4. The van der Waals surface area contributed by atoms with E-state index in [4.69, 9.17) is 14.6 Å². The number of carboxylic acids is 2. The zero-order chi connectivity index (χ0) is 40.6. The SMILES string of the molecule is C.COC(=O)CC(=O)CCN(C)S(=O)(=O)c1c(C)cc(OC)cc1C.COC(=O)CC(=O)[O-].COc1cc(C)c(S(=O)(=O)N(C)CCC(=O)O)c(C)c1.[K+]. The largest absolute Gasteiger partial charge is 1.00 e. The van der Waals surface area contributed by atoms with Crippen LogP contribution in [-0.4, -0.2) is 116 Å². The van der Waals surface area contributed by atoms with Crippen molar-refractivity contribution in [2.75, 3.05) is 55.6 Å². The number of benzene rings is 2. The van der Waals surface area contributed by atoms with Crippen molar-refractivity contribution in [1.29, 1.82) is 0 Å². The van der Waals surface area contributed by atoms with E-state index in [1.807, 2.05) is 0 Å². The number of hydrogen-bond donors (Lipinski definition) is 1. The van der Waals surface area contributed by atoms with Gasteiger partial charge in [-0.3, -0.25) is 19.2 Å². The zero-order valence-electron chi connectivity index (χ0n) is 31.9. The minimum Gasteiger partial charge on any atom is -0.550 e. The number of nitrogens with zero attached hydrogens (tertiary/aromatic N) is 2. The molecule has 20 heteroatoms. The van der Waals surface area contributed by atoms with Crippen LogP contribution in [0.1, 0.15) is 55.4 Å². The second-order valence-electron chi connectivity index (χ2n) is 11.1. The summed E-state index contributed by atoms with van der Waals surface area (Å²) >= 11 is 0. The Labute approximate surface area is 360 Å². The molecule has 54 heavy (non-hydrogen) atoms. The normalized spacial score (nSPS) is 10.6. The molecule has 0 spiro atoms. The molecule has 0 saturated carbocycles. The van der Waals surface area contributed by atoms with Gasteiger partial charge < -0.3 is 34.0 Å². The first-order chi connectivity index (χ1) is 24.0. The van der Waals surface area contributed by atoms with Gasteiger partial charge in [0.05, 0.1) is 57.0 Å². The second-order valence-corrected chi connectivity index (χ2v) is 15.1. The summed E-state index contributed by atoms with van der Waals surface area (Å²) in [6.45, 7) is 6.68. The number of carboxylic acid groups (broad SMARTS) is 2. The van der Waals surface area contributed by atoms with Crippen LogP contribution in [-0.2, 0) is 53.5 Å². The molecule has 0 atom stereocenters. The Bertz CT molecular complexity index is 1770. The summed E-state index contributed by atoms with van der Waals surface area (Å²) < 4.78 is 71.3. The Morgan fingerprint density at radius 2 is 0.963 bits per heavy atom. The van der Waals surface area contributed by atoms with Crippen molar-refractivity contribution in [3.8, 4) is 11.5 Å². The first-order valence-electron chi connectivity index (χ1n) is 15.3. The van der Waals surface area contributed by atoms with Gasteiger partial charge in [-0.1, -0.05) is 7.43 Å². The van der Waals surface area contributed by atoms with Crippen molar-refractivity contribution in [3.63, 3.8) is 0 Å². The maximum Gasteiger partial charge on any atom is 1.00 e. The molecule has 2 aromatic carbocycles. The number of methoxy groups -OCH3 is 4. The molecule has 0 unspecified atom stereocenters. The van der Waals surface area contributed by atoms with Gasteiger partial charge in [0.1, 0.15) is 23.7 Å². The van der Waals surface area contributed by atoms with Crippen LogP contribution >= 0.6 is 0 Å². The standard InChI is InChI=1S/C16H23NO6S.C13H19NO5S.C4H6O4.CH4.K/c1-11-8-14(22-4)9-12(2)16(11)24(20,21)17(3)7-6-13(18)10-15(19)23-5;1-9-7-11(19-4)8-10(2)13(9)20(17,18)14(3)6-5-12(15)16;1-8-4(7)2-3(5)6;;/h8-9H,6-7,10H2,1-5H3;7-8H,5-6H2,1-4H3,(H,15,16);2H2,1H3,(H,5,6);1H4;/q;;;;+1/p-1. The Morgan fingerprint density at radius 3 is 1.22 bits per heavy atom. The van der Waals surface area contributed by atoms with Crippen LogP contribution in [0.15, 0.2) is 34.1 Å². The fraction of sp³-hybridized carbons (Fsp3) is 0.500. The molecule has 0 bridgehead atoms. The predicted molar refractivity (Wildman–Crippen MR) is 191 cm³/mol. The third kappa shape index (κ3) is 18.1. The van der Waals surface area contributed by atoms with Crippen molar-refractivity contribution in [3.05, 3.63) is 46.5 Å². The van der Waals surface area contributed by atoms with E-state index in [1.54, 1.807) is 52.0 Å². The van der Waals surface area contributed by atoms with E-state index >= 15 is 0 Å². The van der Waals surface area contributed by atoms with Crippen LogP contribution in [0, 0.1) is 27.7 Å². The van der Waals surface area contributed by atoms with Crippen LogP contribution in [0.5, 0.6) is 11.5 Å². The molecule has 0 heterocycles. The van der Waals surface area contributed by atoms with Crippen LogP contribution in [0.3, 0.4) is 0 Å².